The van der Waals surface area contributed by atoms with Crippen molar-refractivity contribution in [2.24, 2.45) is 5.41 Å². The third kappa shape index (κ3) is 3.18. The number of nitrogens with one attached hydrogen (secondary N) is 1. The van der Waals surface area contributed by atoms with E-state index in [0.717, 1.165) is 39.6 Å². The van der Waals surface area contributed by atoms with Gasteiger partial charge in [0.25, 0.3) is 5.56 Å². The average molecular weight is 524 g/mol. The van der Waals surface area contributed by atoms with Gasteiger partial charge in [-0.25, -0.2) is 9.97 Å². The Labute approximate surface area is 204 Å². The molecule has 2 aliphatic rings. The molecule has 34 heavy (non-hydrogen) atoms. The summed E-state index contributed by atoms with van der Waals surface area (Å²) in [4.78, 5) is 26.0. The van der Waals surface area contributed by atoms with Crippen LogP contribution < -0.4 is 5.56 Å². The highest BCUT2D eigenvalue weighted by molar-refractivity contribution is 9.10. The molecule has 176 valence electrons. The van der Waals surface area contributed by atoms with E-state index in [1.165, 1.54) is 0 Å². The number of hydrogen-bond acceptors (Lipinski definition) is 6. The molecule has 1 aliphatic heterocycles. The predicted molar refractivity (Wildman–Crippen MR) is 133 cm³/mol. The maximum absolute atomic E-state index is 12.1. The molecule has 3 aromatic heterocycles. The number of hydrogen-bond donors (Lipinski definition) is 3. The van der Waals surface area contributed by atoms with Crippen LogP contribution in [-0.2, 0) is 0 Å². The van der Waals surface area contributed by atoms with Gasteiger partial charge in [-0.2, -0.15) is 0 Å². The first-order chi connectivity index (χ1) is 16.3. The molecule has 1 saturated heterocycles. The second-order valence-corrected chi connectivity index (χ2v) is 10.8. The van der Waals surface area contributed by atoms with Crippen LogP contribution in [0.25, 0.3) is 21.9 Å². The summed E-state index contributed by atoms with van der Waals surface area (Å²) in [5, 5.41) is 24.4. The molecule has 5 unspecified atom stereocenters. The minimum atomic E-state index is -0.886. The van der Waals surface area contributed by atoms with Gasteiger partial charge >= 0.3 is 0 Å². The van der Waals surface area contributed by atoms with Crippen molar-refractivity contribution in [1.29, 1.82) is 0 Å². The fourth-order valence-corrected chi connectivity index (χ4v) is 6.55. The lowest BCUT2D eigenvalue weighted by atomic mass is 9.80. The van der Waals surface area contributed by atoms with Crippen LogP contribution in [0.15, 0.2) is 52.1 Å². The van der Waals surface area contributed by atoms with Crippen molar-refractivity contribution in [2.45, 2.75) is 44.1 Å². The summed E-state index contributed by atoms with van der Waals surface area (Å²) >= 11 is 3.29. The first-order valence-corrected chi connectivity index (χ1v) is 12.2. The largest absolute Gasteiger partial charge is 0.390 e. The second-order valence-electron chi connectivity index (χ2n) is 9.92. The Bertz CT molecular complexity index is 1480. The highest BCUT2D eigenvalue weighted by Crippen LogP contribution is 2.55. The van der Waals surface area contributed by atoms with E-state index < -0.39 is 17.6 Å². The molecule has 3 N–H and O–H groups in total. The summed E-state index contributed by atoms with van der Waals surface area (Å²) in [7, 11) is 2.06. The van der Waals surface area contributed by atoms with Crippen molar-refractivity contribution >= 4 is 37.9 Å². The summed E-state index contributed by atoms with van der Waals surface area (Å²) in [5.74, 6) is 0. The maximum atomic E-state index is 12.1. The molecule has 0 amide bonds. The van der Waals surface area contributed by atoms with E-state index in [9.17, 15) is 15.0 Å². The molecule has 1 saturated carbocycles. The van der Waals surface area contributed by atoms with Gasteiger partial charge in [0.15, 0.2) is 0 Å². The summed E-state index contributed by atoms with van der Waals surface area (Å²) < 4.78 is 2.51. The van der Waals surface area contributed by atoms with Gasteiger partial charge in [-0.1, -0.05) is 12.1 Å². The number of fused-ring (bicyclic) bond motifs is 2. The zero-order valence-corrected chi connectivity index (χ0v) is 20.5. The predicted octanol–water partition coefficient (Wildman–Crippen LogP) is 3.07. The number of pyridine rings is 1. The Balaban J connectivity index is 1.34. The van der Waals surface area contributed by atoms with E-state index in [2.05, 4.69) is 48.9 Å². The van der Waals surface area contributed by atoms with Crippen LogP contribution in [-0.4, -0.2) is 60.4 Å². The van der Waals surface area contributed by atoms with Crippen molar-refractivity contribution < 1.29 is 10.2 Å². The van der Waals surface area contributed by atoms with Crippen LogP contribution in [0, 0.1) is 12.3 Å². The Morgan fingerprint density at radius 2 is 2.00 bits per heavy atom. The third-order valence-electron chi connectivity index (χ3n) is 7.93. The van der Waals surface area contributed by atoms with Gasteiger partial charge in [0, 0.05) is 35.1 Å². The number of likely N-dealkylation sites (tertiary alicyclic amines) is 1. The van der Waals surface area contributed by atoms with Crippen LogP contribution in [0.5, 0.6) is 0 Å². The molecule has 2 fully saturated rings. The number of aromatic nitrogens is 4. The first kappa shape index (κ1) is 21.9. The lowest BCUT2D eigenvalue weighted by molar-refractivity contribution is -0.0238. The van der Waals surface area contributed by atoms with Crippen molar-refractivity contribution in [3.05, 3.63) is 68.9 Å². The zero-order chi connectivity index (χ0) is 23.8. The number of aryl methyl sites for hydroxylation is 1. The van der Waals surface area contributed by atoms with Gasteiger partial charge in [0.1, 0.15) is 18.1 Å². The number of aliphatic hydroxyl groups is 2. The molecular weight excluding hydrogens is 498 g/mol. The number of nitrogens with zero attached hydrogens (tertiary/aromatic N) is 4. The van der Waals surface area contributed by atoms with Gasteiger partial charge in [-0.3, -0.25) is 9.69 Å². The maximum Gasteiger partial charge on any atom is 0.262 e. The van der Waals surface area contributed by atoms with Crippen molar-refractivity contribution in [1.82, 2.24) is 24.4 Å². The smallest absolute Gasteiger partial charge is 0.262 e. The van der Waals surface area contributed by atoms with Crippen LogP contribution in [0.4, 0.5) is 0 Å². The Morgan fingerprint density at radius 3 is 2.82 bits per heavy atom. The Hall–Kier alpha value is -2.59. The molecule has 5 atom stereocenters. The quantitative estimate of drug-likeness (QED) is 0.372. The van der Waals surface area contributed by atoms with Crippen molar-refractivity contribution in [3.8, 4) is 0 Å². The van der Waals surface area contributed by atoms with Crippen LogP contribution >= 0.6 is 15.9 Å². The van der Waals surface area contributed by atoms with E-state index >= 15 is 0 Å². The molecule has 0 bridgehead atoms. The van der Waals surface area contributed by atoms with E-state index in [1.54, 1.807) is 6.33 Å². The molecular formula is C25H26BrN5O3. The van der Waals surface area contributed by atoms with Crippen LogP contribution in [0.2, 0.25) is 0 Å². The second kappa shape index (κ2) is 7.71. The number of aromatic amines is 1. The topological polar surface area (TPSA) is 107 Å². The number of aliphatic hydroxyl groups excluding tert-OH is 2. The summed E-state index contributed by atoms with van der Waals surface area (Å²) in [6, 6.07) is 9.74. The third-order valence-corrected chi connectivity index (χ3v) is 8.52. The molecule has 6 rings (SSSR count). The van der Waals surface area contributed by atoms with Crippen molar-refractivity contribution in [3.63, 3.8) is 0 Å². The normalized spacial score (nSPS) is 29.7. The first-order valence-electron chi connectivity index (χ1n) is 11.4. The van der Waals surface area contributed by atoms with Crippen LogP contribution in [0.1, 0.15) is 36.2 Å². The molecule has 1 aliphatic carbocycles. The highest BCUT2D eigenvalue weighted by atomic mass is 79.9. The van der Waals surface area contributed by atoms with Gasteiger partial charge < -0.3 is 19.8 Å². The van der Waals surface area contributed by atoms with E-state index in [4.69, 9.17) is 0 Å². The van der Waals surface area contributed by atoms with Crippen molar-refractivity contribution in [2.75, 3.05) is 13.6 Å². The standard InChI is InChI=1S/C25H26BrN5O3/c1-13-16-5-6-31(23(16)28-12-27-13)20-10-25(22(33)21(20)32)9-19(30(2)11-25)15-4-3-14-7-17(26)24(34)29-18(14)8-15/h3-8,12,19-22,32-33H,9-11H2,1-2H3,(H,29,34). The lowest BCUT2D eigenvalue weighted by Crippen LogP contribution is -2.38. The number of benzene rings is 1. The molecule has 1 spiro atoms. The number of rotatable bonds is 2. The molecule has 8 nitrogen and oxygen atoms in total. The monoisotopic (exact) mass is 523 g/mol. The average Bonchev–Trinajstić information content (AvgIpc) is 3.45. The molecule has 4 heterocycles. The Morgan fingerprint density at radius 1 is 1.18 bits per heavy atom. The Kier molecular flexibility index (Phi) is 4.97. The van der Waals surface area contributed by atoms with Gasteiger partial charge in [-0.15, -0.1) is 0 Å². The van der Waals surface area contributed by atoms with E-state index in [-0.39, 0.29) is 17.6 Å². The number of halogens is 1. The van der Waals surface area contributed by atoms with Gasteiger partial charge in [0.05, 0.1) is 22.3 Å². The summed E-state index contributed by atoms with van der Waals surface area (Å²) in [6.07, 6.45) is 3.13. The molecule has 1 aromatic carbocycles. The number of H-pyrrole nitrogens is 1. The zero-order valence-electron chi connectivity index (χ0n) is 18.9. The fraction of sp³-hybridized carbons (Fsp3) is 0.400. The summed E-state index contributed by atoms with van der Waals surface area (Å²) in [6.45, 7) is 2.62. The molecule has 0 radical (unpaired) electrons. The minimum Gasteiger partial charge on any atom is -0.390 e. The minimum absolute atomic E-state index is 0.0723. The molecule has 9 heteroatoms. The lowest BCUT2D eigenvalue weighted by Gasteiger charge is -2.27. The fourth-order valence-electron chi connectivity index (χ4n) is 6.20. The van der Waals surface area contributed by atoms with Gasteiger partial charge in [-0.05, 0) is 71.9 Å². The van der Waals surface area contributed by atoms with E-state index in [1.807, 2.05) is 42.0 Å². The van der Waals surface area contributed by atoms with E-state index in [0.29, 0.717) is 17.4 Å². The van der Waals surface area contributed by atoms with Crippen LogP contribution in [0.3, 0.4) is 0 Å². The summed E-state index contributed by atoms with van der Waals surface area (Å²) in [5.41, 5.74) is 2.96. The molecule has 4 aromatic rings. The highest BCUT2D eigenvalue weighted by Gasteiger charge is 2.58. The van der Waals surface area contributed by atoms with Gasteiger partial charge in [0.2, 0.25) is 0 Å². The SMILES string of the molecule is Cc1ncnc2c1ccn2C1CC2(CC(c3ccc4cc(Br)c(=O)[nH]c4c3)N(C)C2)C(O)C1O.